The van der Waals surface area contributed by atoms with Gasteiger partial charge in [-0.25, -0.2) is 4.98 Å². The lowest BCUT2D eigenvalue weighted by Gasteiger charge is -2.09. The number of nitrogens with two attached hydrogens (primary N) is 1. The number of hydrogen-bond donors (Lipinski definition) is 2. The molecule has 0 saturated heterocycles. The van der Waals surface area contributed by atoms with E-state index in [9.17, 15) is 10.1 Å². The van der Waals surface area contributed by atoms with E-state index in [1.165, 1.54) is 12.1 Å². The van der Waals surface area contributed by atoms with Gasteiger partial charge in [-0.3, -0.25) is 10.1 Å². The van der Waals surface area contributed by atoms with Gasteiger partial charge in [0.05, 0.1) is 17.1 Å². The Morgan fingerprint density at radius 2 is 2.35 bits per heavy atom. The summed E-state index contributed by atoms with van der Waals surface area (Å²) in [6.45, 7) is 2.84. The average Bonchev–Trinajstić information content (AvgIpc) is 2.28. The van der Waals surface area contributed by atoms with Crippen molar-refractivity contribution < 1.29 is 4.92 Å². The number of nitrogen functional groups attached to an aromatic ring is 1. The smallest absolute Gasteiger partial charge is 0.276 e. The number of hydrogen-bond acceptors (Lipinski definition) is 6. The average molecular weight is 256 g/mol. The number of nitro groups is 1. The van der Waals surface area contributed by atoms with E-state index in [1.807, 2.05) is 6.26 Å². The van der Waals surface area contributed by atoms with E-state index in [0.717, 1.165) is 13.0 Å². The lowest BCUT2D eigenvalue weighted by Crippen LogP contribution is -2.09. The number of aromatic nitrogens is 1. The zero-order chi connectivity index (χ0) is 12.8. The Balaban J connectivity index is 2.62. The van der Waals surface area contributed by atoms with Crippen LogP contribution in [-0.2, 0) is 0 Å². The minimum Gasteiger partial charge on any atom is -0.383 e. The summed E-state index contributed by atoms with van der Waals surface area (Å²) in [5, 5.41) is 14.2. The van der Waals surface area contributed by atoms with Gasteiger partial charge in [-0.2, -0.15) is 11.8 Å². The van der Waals surface area contributed by atoms with Crippen molar-refractivity contribution in [2.24, 2.45) is 0 Å². The molecule has 0 amide bonds. The number of nitrogens with one attached hydrogen (secondary N) is 1. The highest BCUT2D eigenvalue weighted by molar-refractivity contribution is 7.99. The molecule has 0 saturated carbocycles. The number of pyridine rings is 1. The van der Waals surface area contributed by atoms with Crippen LogP contribution in [0.1, 0.15) is 13.3 Å². The molecular formula is C10H16N4O2S. The zero-order valence-corrected chi connectivity index (χ0v) is 10.7. The molecule has 0 spiro atoms. The summed E-state index contributed by atoms with van der Waals surface area (Å²) < 4.78 is 0. The maximum atomic E-state index is 10.6. The number of thioether (sulfide) groups is 1. The number of rotatable bonds is 6. The Labute approximate surface area is 104 Å². The molecule has 7 heteroatoms. The van der Waals surface area contributed by atoms with Crippen LogP contribution in [0.5, 0.6) is 0 Å². The van der Waals surface area contributed by atoms with Crippen LogP contribution in [-0.4, -0.2) is 28.0 Å². The zero-order valence-electron chi connectivity index (χ0n) is 9.84. The van der Waals surface area contributed by atoms with E-state index in [0.29, 0.717) is 11.1 Å². The maximum absolute atomic E-state index is 10.6. The Kier molecular flexibility index (Phi) is 5.02. The van der Waals surface area contributed by atoms with Gasteiger partial charge in [-0.15, -0.1) is 0 Å². The fourth-order valence-electron chi connectivity index (χ4n) is 1.25. The van der Waals surface area contributed by atoms with Gasteiger partial charge in [0, 0.05) is 11.8 Å². The lowest BCUT2D eigenvalue weighted by atomic mass is 10.3. The van der Waals surface area contributed by atoms with Gasteiger partial charge in [0.1, 0.15) is 11.6 Å². The fourth-order valence-corrected chi connectivity index (χ4v) is 1.61. The summed E-state index contributed by atoms with van der Waals surface area (Å²) in [7, 11) is 0. The third-order valence-electron chi connectivity index (χ3n) is 2.30. The van der Waals surface area contributed by atoms with Crippen LogP contribution in [0.2, 0.25) is 0 Å². The van der Waals surface area contributed by atoms with Crippen molar-refractivity contribution in [3.05, 3.63) is 22.2 Å². The Hall–Kier alpha value is -1.50. The van der Waals surface area contributed by atoms with Crippen molar-refractivity contribution in [1.29, 1.82) is 0 Å². The Morgan fingerprint density at radius 3 is 2.94 bits per heavy atom. The number of anilines is 2. The van der Waals surface area contributed by atoms with Crippen LogP contribution < -0.4 is 11.1 Å². The summed E-state index contributed by atoms with van der Waals surface area (Å²) in [6, 6.07) is 2.63. The molecule has 0 aliphatic carbocycles. The predicted octanol–water partition coefficient (Wildman–Crippen LogP) is 2.13. The van der Waals surface area contributed by atoms with Crippen LogP contribution in [0.3, 0.4) is 0 Å². The highest BCUT2D eigenvalue weighted by Crippen LogP contribution is 2.19. The summed E-state index contributed by atoms with van der Waals surface area (Å²) in [5.41, 5.74) is 5.45. The molecule has 0 aromatic carbocycles. The summed E-state index contributed by atoms with van der Waals surface area (Å²) in [5.74, 6) is 0.601. The van der Waals surface area contributed by atoms with E-state index in [1.54, 1.807) is 11.8 Å². The van der Waals surface area contributed by atoms with Crippen molar-refractivity contribution in [2.75, 3.05) is 23.9 Å². The first-order chi connectivity index (χ1) is 8.02. The van der Waals surface area contributed by atoms with Gasteiger partial charge in [0.25, 0.3) is 5.69 Å². The van der Waals surface area contributed by atoms with E-state index in [2.05, 4.69) is 17.2 Å². The highest BCUT2D eigenvalue weighted by atomic mass is 32.2. The Bertz CT molecular complexity index is 400. The summed E-state index contributed by atoms with van der Waals surface area (Å²) >= 11 is 1.78. The third-order valence-corrected chi connectivity index (χ3v) is 3.34. The van der Waals surface area contributed by atoms with Crippen molar-refractivity contribution in [2.45, 2.75) is 18.6 Å². The normalized spacial score (nSPS) is 12.1. The monoisotopic (exact) mass is 256 g/mol. The van der Waals surface area contributed by atoms with Crippen molar-refractivity contribution >= 4 is 29.1 Å². The second kappa shape index (κ2) is 6.29. The number of nitrogens with zero attached hydrogens (tertiary/aromatic N) is 2. The molecule has 1 unspecified atom stereocenters. The molecule has 3 N–H and O–H groups in total. The standard InChI is InChI=1S/C10H16N4O2S/c1-7(17-2)3-4-12-10-6-8(14(15)16)5-9(11)13-10/h5-7H,3-4H2,1-2H3,(H3,11,12,13). The van der Waals surface area contributed by atoms with Crippen molar-refractivity contribution in [3.63, 3.8) is 0 Å². The van der Waals surface area contributed by atoms with Crippen molar-refractivity contribution in [3.8, 4) is 0 Å². The quantitative estimate of drug-likeness (QED) is 0.598. The third kappa shape index (κ3) is 4.48. The predicted molar refractivity (Wildman–Crippen MR) is 71.4 cm³/mol. The first kappa shape index (κ1) is 13.6. The topological polar surface area (TPSA) is 94.1 Å². The van der Waals surface area contributed by atoms with Gasteiger partial charge >= 0.3 is 0 Å². The molecule has 6 nitrogen and oxygen atoms in total. The van der Waals surface area contributed by atoms with Crippen LogP contribution in [0, 0.1) is 10.1 Å². The van der Waals surface area contributed by atoms with Gasteiger partial charge in [0.15, 0.2) is 0 Å². The fraction of sp³-hybridized carbons (Fsp3) is 0.500. The minimum absolute atomic E-state index is 0.0436. The molecular weight excluding hydrogens is 240 g/mol. The van der Waals surface area contributed by atoms with E-state index in [4.69, 9.17) is 5.73 Å². The molecule has 1 atom stereocenters. The molecule has 1 aromatic heterocycles. The van der Waals surface area contributed by atoms with Gasteiger partial charge in [-0.1, -0.05) is 6.92 Å². The first-order valence-electron chi connectivity index (χ1n) is 5.21. The maximum Gasteiger partial charge on any atom is 0.276 e. The first-order valence-corrected chi connectivity index (χ1v) is 6.50. The molecule has 0 aliphatic heterocycles. The van der Waals surface area contributed by atoms with E-state index < -0.39 is 4.92 Å². The second-order valence-electron chi connectivity index (χ2n) is 3.65. The summed E-state index contributed by atoms with van der Waals surface area (Å²) in [6.07, 6.45) is 3.01. The van der Waals surface area contributed by atoms with E-state index in [-0.39, 0.29) is 11.5 Å². The molecule has 17 heavy (non-hydrogen) atoms. The lowest BCUT2D eigenvalue weighted by molar-refractivity contribution is -0.384. The van der Waals surface area contributed by atoms with Gasteiger partial charge in [-0.05, 0) is 12.7 Å². The molecule has 1 aromatic rings. The molecule has 1 rings (SSSR count). The van der Waals surface area contributed by atoms with Gasteiger partial charge in [0.2, 0.25) is 0 Å². The van der Waals surface area contributed by atoms with Crippen molar-refractivity contribution in [1.82, 2.24) is 4.98 Å². The van der Waals surface area contributed by atoms with Crippen LogP contribution in [0.4, 0.5) is 17.3 Å². The Morgan fingerprint density at radius 1 is 1.65 bits per heavy atom. The van der Waals surface area contributed by atoms with Crippen LogP contribution in [0.15, 0.2) is 12.1 Å². The van der Waals surface area contributed by atoms with Gasteiger partial charge < -0.3 is 11.1 Å². The molecule has 94 valence electrons. The molecule has 0 aliphatic rings. The minimum atomic E-state index is -0.478. The van der Waals surface area contributed by atoms with E-state index >= 15 is 0 Å². The second-order valence-corrected chi connectivity index (χ2v) is 4.93. The van der Waals surface area contributed by atoms with Crippen LogP contribution in [0.25, 0.3) is 0 Å². The summed E-state index contributed by atoms with van der Waals surface area (Å²) in [4.78, 5) is 14.1. The highest BCUT2D eigenvalue weighted by Gasteiger charge is 2.09. The molecule has 0 fully saturated rings. The van der Waals surface area contributed by atoms with Crippen LogP contribution >= 0.6 is 11.8 Å². The molecule has 0 radical (unpaired) electrons. The SMILES string of the molecule is CSC(C)CCNc1cc([N+](=O)[O-])cc(N)n1. The molecule has 0 bridgehead atoms. The molecule has 1 heterocycles. The largest absolute Gasteiger partial charge is 0.383 e.